The molecule has 0 saturated heterocycles. The number of carbonyl (C=O) groups is 1. The summed E-state index contributed by atoms with van der Waals surface area (Å²) in [7, 11) is 1.03. The monoisotopic (exact) mass is 536 g/mol. The van der Waals surface area contributed by atoms with Gasteiger partial charge in [-0.1, -0.05) is 52.8 Å². The van der Waals surface area contributed by atoms with Gasteiger partial charge in [0.25, 0.3) is 0 Å². The molecule has 6 nitrogen and oxygen atoms in total. The second-order valence-corrected chi connectivity index (χ2v) is 16.5. The Bertz CT molecular complexity index is 827. The van der Waals surface area contributed by atoms with Gasteiger partial charge in [0.2, 0.25) is 0 Å². The average molecular weight is 537 g/mol. The number of aliphatic hydroxyl groups is 1. The van der Waals surface area contributed by atoms with E-state index in [0.717, 1.165) is 37.0 Å². The van der Waals surface area contributed by atoms with Crippen molar-refractivity contribution in [3.63, 3.8) is 0 Å². The van der Waals surface area contributed by atoms with Crippen LogP contribution < -0.4 is 4.74 Å². The van der Waals surface area contributed by atoms with Crippen LogP contribution in [0.2, 0.25) is 18.1 Å². The second-order valence-electron chi connectivity index (χ2n) is 11.7. The lowest BCUT2D eigenvalue weighted by atomic mass is 9.85. The van der Waals surface area contributed by atoms with E-state index in [1.165, 1.54) is 7.11 Å². The van der Waals surface area contributed by atoms with E-state index < -0.39 is 14.4 Å². The Morgan fingerprint density at radius 2 is 1.70 bits per heavy atom. The van der Waals surface area contributed by atoms with Crippen LogP contribution in [0.1, 0.15) is 72.8 Å². The predicted octanol–water partition coefficient (Wildman–Crippen LogP) is 6.92. The Hall–Kier alpha value is -1.67. The van der Waals surface area contributed by atoms with Crippen molar-refractivity contribution in [1.29, 1.82) is 0 Å². The highest BCUT2D eigenvalue weighted by molar-refractivity contribution is 6.74. The largest absolute Gasteiger partial charge is 0.497 e. The van der Waals surface area contributed by atoms with Gasteiger partial charge in [0.05, 0.1) is 33.0 Å². The molecule has 4 atom stereocenters. The number of esters is 1. The summed E-state index contributed by atoms with van der Waals surface area (Å²) in [5.74, 6) is 0.592. The smallest absolute Gasteiger partial charge is 0.333 e. The number of rotatable bonds is 16. The van der Waals surface area contributed by atoms with Crippen LogP contribution in [-0.2, 0) is 25.3 Å². The van der Waals surface area contributed by atoms with Crippen LogP contribution in [0.15, 0.2) is 35.9 Å². The molecule has 212 valence electrons. The van der Waals surface area contributed by atoms with Crippen LogP contribution in [0.3, 0.4) is 0 Å². The van der Waals surface area contributed by atoms with Gasteiger partial charge in [0, 0.05) is 18.1 Å². The van der Waals surface area contributed by atoms with E-state index >= 15 is 0 Å². The maximum absolute atomic E-state index is 11.6. The van der Waals surface area contributed by atoms with Gasteiger partial charge in [0.15, 0.2) is 8.32 Å². The molecule has 7 heteroatoms. The first-order valence-corrected chi connectivity index (χ1v) is 16.5. The third-order valence-electron chi connectivity index (χ3n) is 7.75. The molecule has 0 aliphatic carbocycles. The van der Waals surface area contributed by atoms with Crippen LogP contribution >= 0.6 is 0 Å². The standard InChI is InChI=1S/C30H52O6Si/c1-22(13-11-14-23(2)29(32)34-8)28(31)24(3)27(36-37(9,10)30(4,5)6)15-12-20-35-21-25-16-18-26(33-7)19-17-25/h14,16-19,22,24,27-28,31H,11-13,15,20-21H2,1-10H3/b23-14+/t22-,24-,27-,28+/m0/s1. The molecule has 0 saturated carbocycles. The summed E-state index contributed by atoms with van der Waals surface area (Å²) in [6, 6.07) is 7.92. The molecule has 0 bridgehead atoms. The number of ether oxygens (including phenoxy) is 3. The SMILES string of the molecule is COC(=O)/C(C)=C/CC[C@H](C)[C@@H](O)[C@@H](C)[C@H](CCCOCc1ccc(OC)cc1)O[Si](C)(C)C(C)(C)C. The lowest BCUT2D eigenvalue weighted by molar-refractivity contribution is -0.136. The van der Waals surface area contributed by atoms with Crippen molar-refractivity contribution in [2.75, 3.05) is 20.8 Å². The van der Waals surface area contributed by atoms with E-state index in [0.29, 0.717) is 18.8 Å². The Morgan fingerprint density at radius 1 is 1.08 bits per heavy atom. The molecular formula is C30H52O6Si. The number of hydrogen-bond donors (Lipinski definition) is 1. The fourth-order valence-electron chi connectivity index (χ4n) is 4.00. The minimum Gasteiger partial charge on any atom is -0.497 e. The predicted molar refractivity (Wildman–Crippen MR) is 153 cm³/mol. The summed E-state index contributed by atoms with van der Waals surface area (Å²) >= 11 is 0. The highest BCUT2D eigenvalue weighted by Crippen LogP contribution is 2.39. The quantitative estimate of drug-likeness (QED) is 0.107. The molecule has 0 fully saturated rings. The van der Waals surface area contributed by atoms with Crippen LogP contribution in [0.25, 0.3) is 0 Å². The van der Waals surface area contributed by atoms with Crippen molar-refractivity contribution in [2.45, 2.75) is 104 Å². The van der Waals surface area contributed by atoms with Gasteiger partial charge in [-0.2, -0.15) is 0 Å². The Kier molecular flexibility index (Phi) is 14.1. The summed E-state index contributed by atoms with van der Waals surface area (Å²) < 4.78 is 22.8. The first-order chi connectivity index (χ1) is 17.2. The molecular weight excluding hydrogens is 484 g/mol. The highest BCUT2D eigenvalue weighted by Gasteiger charge is 2.41. The van der Waals surface area contributed by atoms with Crippen LogP contribution in [0.4, 0.5) is 0 Å². The zero-order valence-corrected chi connectivity index (χ0v) is 25.9. The number of hydrogen-bond acceptors (Lipinski definition) is 6. The molecule has 0 spiro atoms. The number of aliphatic hydroxyl groups excluding tert-OH is 1. The van der Waals surface area contributed by atoms with Gasteiger partial charge in [-0.25, -0.2) is 4.79 Å². The van der Waals surface area contributed by atoms with E-state index in [1.807, 2.05) is 30.3 Å². The van der Waals surface area contributed by atoms with Crippen LogP contribution in [-0.4, -0.2) is 52.4 Å². The molecule has 1 aromatic carbocycles. The van der Waals surface area contributed by atoms with Crippen molar-refractivity contribution in [3.05, 3.63) is 41.5 Å². The first-order valence-electron chi connectivity index (χ1n) is 13.5. The zero-order chi connectivity index (χ0) is 28.2. The molecule has 1 rings (SSSR count). The molecule has 37 heavy (non-hydrogen) atoms. The van der Waals surface area contributed by atoms with Gasteiger partial charge in [-0.05, 0) is 74.4 Å². The summed E-state index contributed by atoms with van der Waals surface area (Å²) in [6.07, 6.45) is 4.56. The molecule has 0 unspecified atom stereocenters. The molecule has 0 aliphatic rings. The average Bonchev–Trinajstić information content (AvgIpc) is 2.85. The third-order valence-corrected chi connectivity index (χ3v) is 12.2. The Labute approximate surface area is 226 Å². The van der Waals surface area contributed by atoms with Crippen LogP contribution in [0, 0.1) is 11.8 Å². The van der Waals surface area contributed by atoms with E-state index in [-0.39, 0.29) is 28.9 Å². The summed E-state index contributed by atoms with van der Waals surface area (Å²) in [4.78, 5) is 11.6. The number of allylic oxidation sites excluding steroid dienone is 1. The molecule has 0 aromatic heterocycles. The van der Waals surface area contributed by atoms with Crippen molar-refractivity contribution >= 4 is 14.3 Å². The number of benzene rings is 1. The van der Waals surface area contributed by atoms with Crippen molar-refractivity contribution < 1.29 is 28.5 Å². The van der Waals surface area contributed by atoms with Gasteiger partial charge < -0.3 is 23.7 Å². The molecule has 0 amide bonds. The topological polar surface area (TPSA) is 74.2 Å². The minimum absolute atomic E-state index is 0.0172. The van der Waals surface area contributed by atoms with Gasteiger partial charge in [-0.3, -0.25) is 0 Å². The van der Waals surface area contributed by atoms with Gasteiger partial charge in [0.1, 0.15) is 5.75 Å². The van der Waals surface area contributed by atoms with Crippen LogP contribution in [0.5, 0.6) is 5.75 Å². The molecule has 1 aromatic rings. The van der Waals surface area contributed by atoms with Gasteiger partial charge in [-0.15, -0.1) is 0 Å². The molecule has 0 heterocycles. The lowest BCUT2D eigenvalue weighted by Crippen LogP contribution is -2.47. The van der Waals surface area contributed by atoms with Crippen molar-refractivity contribution in [3.8, 4) is 5.75 Å². The third kappa shape index (κ3) is 11.3. The normalized spacial score (nSPS) is 16.1. The van der Waals surface area contributed by atoms with Gasteiger partial charge >= 0.3 is 5.97 Å². The maximum Gasteiger partial charge on any atom is 0.333 e. The highest BCUT2D eigenvalue weighted by atomic mass is 28.4. The lowest BCUT2D eigenvalue weighted by Gasteiger charge is -2.42. The maximum atomic E-state index is 11.6. The van der Waals surface area contributed by atoms with Crippen molar-refractivity contribution in [1.82, 2.24) is 0 Å². The first kappa shape index (κ1) is 33.4. The molecule has 0 radical (unpaired) electrons. The Morgan fingerprint density at radius 3 is 2.24 bits per heavy atom. The minimum atomic E-state index is -2.02. The van der Waals surface area contributed by atoms with E-state index in [4.69, 9.17) is 18.6 Å². The van der Waals surface area contributed by atoms with E-state index in [2.05, 4.69) is 47.7 Å². The Balaban J connectivity index is 2.75. The fourth-order valence-corrected chi connectivity index (χ4v) is 5.44. The fraction of sp³-hybridized carbons (Fsp3) is 0.700. The summed E-state index contributed by atoms with van der Waals surface area (Å²) in [5.41, 5.74) is 1.72. The molecule has 0 aliphatic heterocycles. The number of carbonyl (C=O) groups excluding carboxylic acids is 1. The summed E-state index contributed by atoms with van der Waals surface area (Å²) in [6.45, 7) is 18.4. The van der Waals surface area contributed by atoms with Crippen molar-refractivity contribution in [2.24, 2.45) is 11.8 Å². The molecule has 1 N–H and O–H groups in total. The van der Waals surface area contributed by atoms with E-state index in [9.17, 15) is 9.90 Å². The van der Waals surface area contributed by atoms with E-state index in [1.54, 1.807) is 14.0 Å². The zero-order valence-electron chi connectivity index (χ0n) is 24.9. The number of methoxy groups -OCH3 is 2. The second kappa shape index (κ2) is 15.7. The summed E-state index contributed by atoms with van der Waals surface area (Å²) in [5, 5.41) is 11.3.